The van der Waals surface area contributed by atoms with Gasteiger partial charge in [-0.05, 0) is 62.1 Å². The number of rotatable bonds is 1. The van der Waals surface area contributed by atoms with Gasteiger partial charge in [0, 0.05) is 5.56 Å². The molecule has 0 spiro atoms. The molecule has 1 aliphatic rings. The molecule has 0 aliphatic heterocycles. The van der Waals surface area contributed by atoms with Crippen LogP contribution in [0.25, 0.3) is 0 Å². The van der Waals surface area contributed by atoms with Crippen LogP contribution in [0.1, 0.15) is 56.2 Å². The first-order valence-electron chi connectivity index (χ1n) is 6.73. The van der Waals surface area contributed by atoms with E-state index in [-0.39, 0.29) is 11.2 Å². The second-order valence-electron chi connectivity index (χ2n) is 6.66. The second-order valence-corrected chi connectivity index (χ2v) is 6.66. The smallest absolute Gasteiger partial charge is 0.129 e. The van der Waals surface area contributed by atoms with Crippen LogP contribution in [-0.2, 0) is 5.60 Å². The first kappa shape index (κ1) is 13.5. The summed E-state index contributed by atoms with van der Waals surface area (Å²) in [6.45, 7) is 8.08. The average Bonchev–Trinajstić information content (AvgIpc) is 2.11. The van der Waals surface area contributed by atoms with Crippen LogP contribution in [0.4, 0.5) is 4.39 Å². The largest absolute Gasteiger partial charge is 0.385 e. The van der Waals surface area contributed by atoms with Crippen LogP contribution in [0.15, 0.2) is 12.1 Å². The molecule has 2 rings (SSSR count). The lowest BCUT2D eigenvalue weighted by Crippen LogP contribution is -2.38. The van der Waals surface area contributed by atoms with E-state index in [1.54, 1.807) is 0 Å². The standard InChI is InChI=1S/C16H23FO/c1-11-8-12(2)14(13(17)9-11)16(18)7-5-6-15(3,4)10-16/h8-9,18H,5-7,10H2,1-4H3. The summed E-state index contributed by atoms with van der Waals surface area (Å²) in [5.74, 6) is -0.257. The van der Waals surface area contributed by atoms with Crippen molar-refractivity contribution in [1.29, 1.82) is 0 Å². The summed E-state index contributed by atoms with van der Waals surface area (Å²) in [5.41, 5.74) is 1.38. The molecule has 0 heterocycles. The third-order valence-electron chi connectivity index (χ3n) is 4.11. The maximum Gasteiger partial charge on any atom is 0.129 e. The quantitative estimate of drug-likeness (QED) is 0.790. The SMILES string of the molecule is Cc1cc(C)c(C2(O)CCCC(C)(C)C2)c(F)c1. The molecular weight excluding hydrogens is 227 g/mol. The Kier molecular flexibility index (Phi) is 3.26. The second kappa shape index (κ2) is 4.34. The van der Waals surface area contributed by atoms with Gasteiger partial charge in [-0.1, -0.05) is 19.9 Å². The Labute approximate surface area is 109 Å². The molecule has 1 nitrogen and oxygen atoms in total. The van der Waals surface area contributed by atoms with E-state index in [4.69, 9.17) is 0 Å². The maximum absolute atomic E-state index is 14.2. The fraction of sp³-hybridized carbons (Fsp3) is 0.625. The van der Waals surface area contributed by atoms with Gasteiger partial charge < -0.3 is 5.11 Å². The van der Waals surface area contributed by atoms with Crippen molar-refractivity contribution >= 4 is 0 Å². The van der Waals surface area contributed by atoms with Gasteiger partial charge in [-0.2, -0.15) is 0 Å². The third kappa shape index (κ3) is 2.44. The zero-order valence-electron chi connectivity index (χ0n) is 11.8. The van der Waals surface area contributed by atoms with E-state index in [1.807, 2.05) is 19.9 Å². The molecule has 1 N–H and O–H groups in total. The van der Waals surface area contributed by atoms with E-state index < -0.39 is 5.60 Å². The first-order valence-corrected chi connectivity index (χ1v) is 6.73. The number of halogens is 1. The number of benzene rings is 1. The van der Waals surface area contributed by atoms with Gasteiger partial charge in [-0.15, -0.1) is 0 Å². The highest BCUT2D eigenvalue weighted by atomic mass is 19.1. The van der Waals surface area contributed by atoms with Crippen LogP contribution >= 0.6 is 0 Å². The molecule has 1 aromatic carbocycles. The van der Waals surface area contributed by atoms with E-state index in [9.17, 15) is 9.50 Å². The van der Waals surface area contributed by atoms with Gasteiger partial charge >= 0.3 is 0 Å². The normalized spacial score (nSPS) is 27.2. The Morgan fingerprint density at radius 1 is 1.17 bits per heavy atom. The lowest BCUT2D eigenvalue weighted by molar-refractivity contribution is -0.0469. The van der Waals surface area contributed by atoms with Gasteiger partial charge in [-0.3, -0.25) is 0 Å². The molecule has 1 aliphatic carbocycles. The van der Waals surface area contributed by atoms with Crippen molar-refractivity contribution in [3.05, 3.63) is 34.6 Å². The topological polar surface area (TPSA) is 20.2 Å². The van der Waals surface area contributed by atoms with E-state index in [0.717, 1.165) is 24.0 Å². The third-order valence-corrected chi connectivity index (χ3v) is 4.11. The minimum Gasteiger partial charge on any atom is -0.385 e. The van der Waals surface area contributed by atoms with Gasteiger partial charge in [0.1, 0.15) is 5.82 Å². The molecule has 2 heteroatoms. The minimum atomic E-state index is -0.996. The first-order chi connectivity index (χ1) is 8.23. The van der Waals surface area contributed by atoms with Crippen LogP contribution in [-0.4, -0.2) is 5.11 Å². The Balaban J connectivity index is 2.47. The van der Waals surface area contributed by atoms with E-state index in [0.29, 0.717) is 18.4 Å². The van der Waals surface area contributed by atoms with Crippen molar-refractivity contribution in [3.8, 4) is 0 Å². The predicted molar refractivity (Wildman–Crippen MR) is 72.0 cm³/mol. The summed E-state index contributed by atoms with van der Waals surface area (Å²) in [7, 11) is 0. The summed E-state index contributed by atoms with van der Waals surface area (Å²) in [6.07, 6.45) is 3.36. The van der Waals surface area contributed by atoms with E-state index >= 15 is 0 Å². The summed E-state index contributed by atoms with van der Waals surface area (Å²) >= 11 is 0. The Morgan fingerprint density at radius 3 is 2.39 bits per heavy atom. The molecule has 0 radical (unpaired) electrons. The molecule has 0 aromatic heterocycles. The molecule has 18 heavy (non-hydrogen) atoms. The predicted octanol–water partition coefficient (Wildman–Crippen LogP) is 4.23. The molecule has 100 valence electrons. The van der Waals surface area contributed by atoms with Gasteiger partial charge in [0.05, 0.1) is 5.60 Å². The Morgan fingerprint density at radius 2 is 1.83 bits per heavy atom. The van der Waals surface area contributed by atoms with E-state index in [2.05, 4.69) is 13.8 Å². The van der Waals surface area contributed by atoms with Crippen molar-refractivity contribution in [2.45, 2.75) is 59.0 Å². The van der Waals surface area contributed by atoms with Crippen molar-refractivity contribution < 1.29 is 9.50 Å². The van der Waals surface area contributed by atoms with Gasteiger partial charge in [-0.25, -0.2) is 4.39 Å². The summed E-state index contributed by atoms with van der Waals surface area (Å²) in [5, 5.41) is 10.9. The summed E-state index contributed by atoms with van der Waals surface area (Å²) in [4.78, 5) is 0. The molecule has 1 fully saturated rings. The van der Waals surface area contributed by atoms with Crippen molar-refractivity contribution in [1.82, 2.24) is 0 Å². The lowest BCUT2D eigenvalue weighted by atomic mass is 9.66. The highest BCUT2D eigenvalue weighted by Crippen LogP contribution is 2.47. The fourth-order valence-electron chi connectivity index (χ4n) is 3.55. The Hall–Kier alpha value is -0.890. The summed E-state index contributed by atoms with van der Waals surface area (Å²) < 4.78 is 14.2. The summed E-state index contributed by atoms with van der Waals surface area (Å²) in [6, 6.07) is 3.49. The molecule has 0 bridgehead atoms. The molecule has 1 atom stereocenters. The van der Waals surface area contributed by atoms with Crippen LogP contribution in [0.2, 0.25) is 0 Å². The molecule has 1 aromatic rings. The van der Waals surface area contributed by atoms with Gasteiger partial charge in [0.2, 0.25) is 0 Å². The Bertz CT molecular complexity index is 441. The van der Waals surface area contributed by atoms with E-state index in [1.165, 1.54) is 6.07 Å². The zero-order chi connectivity index (χ0) is 13.6. The van der Waals surface area contributed by atoms with Crippen molar-refractivity contribution in [3.63, 3.8) is 0 Å². The molecule has 0 saturated heterocycles. The number of hydrogen-bond acceptors (Lipinski definition) is 1. The number of hydrogen-bond donors (Lipinski definition) is 1. The number of aryl methyl sites for hydroxylation is 2. The monoisotopic (exact) mass is 250 g/mol. The van der Waals surface area contributed by atoms with Crippen LogP contribution in [0, 0.1) is 25.1 Å². The average molecular weight is 250 g/mol. The molecule has 0 amide bonds. The van der Waals surface area contributed by atoms with Gasteiger partial charge in [0.25, 0.3) is 0 Å². The highest BCUT2D eigenvalue weighted by Gasteiger charge is 2.41. The highest BCUT2D eigenvalue weighted by molar-refractivity contribution is 5.36. The minimum absolute atomic E-state index is 0.0801. The van der Waals surface area contributed by atoms with Crippen LogP contribution in [0.3, 0.4) is 0 Å². The molecule has 1 saturated carbocycles. The maximum atomic E-state index is 14.2. The van der Waals surface area contributed by atoms with Crippen LogP contribution < -0.4 is 0 Å². The lowest BCUT2D eigenvalue weighted by Gasteiger charge is -2.42. The molecule has 1 unspecified atom stereocenters. The zero-order valence-corrected chi connectivity index (χ0v) is 11.8. The van der Waals surface area contributed by atoms with Crippen LogP contribution in [0.5, 0.6) is 0 Å². The van der Waals surface area contributed by atoms with Crippen molar-refractivity contribution in [2.24, 2.45) is 5.41 Å². The number of aliphatic hydroxyl groups is 1. The van der Waals surface area contributed by atoms with Gasteiger partial charge in [0.15, 0.2) is 0 Å². The fourth-order valence-corrected chi connectivity index (χ4v) is 3.55. The molecular formula is C16H23FO. The van der Waals surface area contributed by atoms with Crippen molar-refractivity contribution in [2.75, 3.05) is 0 Å².